The summed E-state index contributed by atoms with van der Waals surface area (Å²) >= 11 is 0. The Bertz CT molecular complexity index is 3230. The van der Waals surface area contributed by atoms with Crippen molar-refractivity contribution < 1.29 is 0 Å². The van der Waals surface area contributed by atoms with Crippen LogP contribution in [0.3, 0.4) is 0 Å². The zero-order chi connectivity index (χ0) is 40.7. The van der Waals surface area contributed by atoms with Crippen molar-refractivity contribution in [1.29, 1.82) is 10.5 Å². The Kier molecular flexibility index (Phi) is 8.59. The van der Waals surface area contributed by atoms with Gasteiger partial charge in [-0.05, 0) is 94.0 Å². The van der Waals surface area contributed by atoms with Gasteiger partial charge in [-0.3, -0.25) is 9.13 Å². The van der Waals surface area contributed by atoms with E-state index in [0.29, 0.717) is 22.5 Å². The summed E-state index contributed by atoms with van der Waals surface area (Å²) in [4.78, 5) is 7.39. The molecular weight excluding hydrogens is 733 g/mol. The van der Waals surface area contributed by atoms with Gasteiger partial charge in [0, 0.05) is 49.8 Å². The minimum Gasteiger partial charge on any atom is -0.294 e. The summed E-state index contributed by atoms with van der Waals surface area (Å²) in [6.07, 6.45) is 0. The first kappa shape index (κ1) is 35.5. The van der Waals surface area contributed by atoms with E-state index in [2.05, 4.69) is 140 Å². The van der Waals surface area contributed by atoms with Crippen molar-refractivity contribution in [3.63, 3.8) is 0 Å². The predicted molar refractivity (Wildman–Crippen MR) is 241 cm³/mol. The lowest BCUT2D eigenvalue weighted by molar-refractivity contribution is 1.07. The van der Waals surface area contributed by atoms with E-state index in [0.717, 1.165) is 88.7 Å². The molecule has 60 heavy (non-hydrogen) atoms. The van der Waals surface area contributed by atoms with Gasteiger partial charge in [0.1, 0.15) is 5.65 Å². The fourth-order valence-corrected chi connectivity index (χ4v) is 8.72. The van der Waals surface area contributed by atoms with E-state index in [1.165, 1.54) is 0 Å². The third-order valence-electron chi connectivity index (χ3n) is 11.1. The number of aromatic nitrogens is 2. The molecule has 0 saturated carbocycles. The predicted octanol–water partition coefficient (Wildman–Crippen LogP) is 14.2. The quantitative estimate of drug-likeness (QED) is 0.158. The molecule has 6 heteroatoms. The van der Waals surface area contributed by atoms with Crippen LogP contribution in [0, 0.1) is 35.8 Å². The summed E-state index contributed by atoms with van der Waals surface area (Å²) in [7, 11) is 0. The van der Waals surface area contributed by atoms with Gasteiger partial charge in [-0.2, -0.15) is 10.5 Å². The Hall–Kier alpha value is -8.94. The molecule has 2 aromatic heterocycles. The maximum atomic E-state index is 9.91. The molecule has 8 aromatic carbocycles. The highest BCUT2D eigenvalue weighted by Crippen LogP contribution is 2.48. The van der Waals surface area contributed by atoms with Gasteiger partial charge in [0.05, 0.1) is 36.3 Å². The van der Waals surface area contributed by atoms with E-state index in [9.17, 15) is 10.5 Å². The van der Waals surface area contributed by atoms with Crippen LogP contribution in [0.5, 0.6) is 0 Å². The van der Waals surface area contributed by atoms with E-state index in [1.54, 1.807) is 12.1 Å². The average Bonchev–Trinajstić information content (AvgIpc) is 3.84. The maximum absolute atomic E-state index is 9.91. The van der Waals surface area contributed by atoms with Crippen LogP contribution < -0.4 is 0 Å². The molecule has 0 atom stereocenters. The van der Waals surface area contributed by atoms with Gasteiger partial charge >= 0.3 is 0 Å². The molecule has 0 fully saturated rings. The van der Waals surface area contributed by atoms with Crippen molar-refractivity contribution in [2.45, 2.75) is 0 Å². The molecule has 10 rings (SSSR count). The molecule has 0 aliphatic rings. The standard InChI is InChI=1S/C54H30N6/c1-57-39-29-35(33-55)27-37(31-39)43-19-9-11-21-45(43)47-23-13-25-49-51-50-26-14-24-48(46-22-12-10-20-44(46)38-28-36(34-56)30-40(32-38)58-2)53(50)60(42-17-7-4-8-18-42)54(51)59(52(47)49)41-15-5-3-6-16-41/h3-32H. The first-order valence-electron chi connectivity index (χ1n) is 19.4. The Labute approximate surface area is 346 Å². The molecular formula is C54H30N6. The first-order valence-corrected chi connectivity index (χ1v) is 19.4. The lowest BCUT2D eigenvalue weighted by Gasteiger charge is -2.18. The van der Waals surface area contributed by atoms with E-state index in [-0.39, 0.29) is 0 Å². The number of hydrogen-bond donors (Lipinski definition) is 0. The van der Waals surface area contributed by atoms with E-state index >= 15 is 0 Å². The van der Waals surface area contributed by atoms with Crippen LogP contribution in [0.25, 0.3) is 98.4 Å². The summed E-state index contributed by atoms with van der Waals surface area (Å²) in [5, 5.41) is 23.1. The Morgan fingerprint density at radius 1 is 0.400 bits per heavy atom. The van der Waals surface area contributed by atoms with Crippen LogP contribution in [0.2, 0.25) is 0 Å². The van der Waals surface area contributed by atoms with Crippen molar-refractivity contribution in [2.24, 2.45) is 0 Å². The number of nitriles is 2. The Morgan fingerprint density at radius 3 is 1.18 bits per heavy atom. The van der Waals surface area contributed by atoms with Crippen molar-refractivity contribution in [3.05, 3.63) is 216 Å². The number of para-hydroxylation sites is 4. The fourth-order valence-electron chi connectivity index (χ4n) is 8.72. The van der Waals surface area contributed by atoms with Gasteiger partial charge < -0.3 is 0 Å². The summed E-state index contributed by atoms with van der Waals surface area (Å²) in [6.45, 7) is 15.5. The molecule has 0 amide bonds. The molecule has 0 aliphatic carbocycles. The minimum atomic E-state index is 0.417. The van der Waals surface area contributed by atoms with E-state index in [4.69, 9.17) is 13.1 Å². The molecule has 276 valence electrons. The molecule has 0 spiro atoms. The number of fused-ring (bicyclic) bond motifs is 5. The SMILES string of the molecule is [C-]#[N+]c1cc(C#N)cc(-c2ccccc2-c2cccc3c4c5cccc(-c6ccccc6-c6cc(C#N)cc([N+]#[C-])c6)c5n(-c5ccccc5)c4n(-c4ccccc4)c23)c1. The zero-order valence-electron chi connectivity index (χ0n) is 32.0. The van der Waals surface area contributed by atoms with Crippen LogP contribution in [-0.4, -0.2) is 9.13 Å². The van der Waals surface area contributed by atoms with Crippen LogP contribution in [-0.2, 0) is 0 Å². The molecule has 6 nitrogen and oxygen atoms in total. The molecule has 0 bridgehead atoms. The average molecular weight is 763 g/mol. The highest BCUT2D eigenvalue weighted by atomic mass is 15.1. The van der Waals surface area contributed by atoms with Crippen LogP contribution in [0.1, 0.15) is 11.1 Å². The van der Waals surface area contributed by atoms with Gasteiger partial charge in [0.15, 0.2) is 11.4 Å². The molecule has 2 heterocycles. The fraction of sp³-hybridized carbons (Fsp3) is 0. The maximum Gasteiger partial charge on any atom is 0.189 e. The van der Waals surface area contributed by atoms with Gasteiger partial charge in [-0.25, -0.2) is 9.69 Å². The summed E-state index contributed by atoms with van der Waals surface area (Å²) in [5.74, 6) is 0. The summed E-state index contributed by atoms with van der Waals surface area (Å²) in [5.41, 5.74) is 14.2. The minimum absolute atomic E-state index is 0.417. The molecule has 0 unspecified atom stereocenters. The van der Waals surface area contributed by atoms with E-state index < -0.39 is 0 Å². The molecule has 0 saturated heterocycles. The van der Waals surface area contributed by atoms with Crippen molar-refractivity contribution >= 4 is 44.2 Å². The number of rotatable bonds is 6. The summed E-state index contributed by atoms with van der Waals surface area (Å²) in [6, 6.07) is 65.4. The van der Waals surface area contributed by atoms with E-state index in [1.807, 2.05) is 60.7 Å². The largest absolute Gasteiger partial charge is 0.294 e. The van der Waals surface area contributed by atoms with Gasteiger partial charge in [0.25, 0.3) is 0 Å². The Morgan fingerprint density at radius 2 is 0.783 bits per heavy atom. The smallest absolute Gasteiger partial charge is 0.189 e. The number of benzene rings is 8. The van der Waals surface area contributed by atoms with Crippen molar-refractivity contribution in [1.82, 2.24) is 9.13 Å². The third kappa shape index (κ3) is 5.69. The first-order chi connectivity index (χ1) is 29.6. The molecule has 0 radical (unpaired) electrons. The van der Waals surface area contributed by atoms with Crippen molar-refractivity contribution in [3.8, 4) is 68.0 Å². The highest BCUT2D eigenvalue weighted by molar-refractivity contribution is 6.26. The lowest BCUT2D eigenvalue weighted by atomic mass is 9.91. The topological polar surface area (TPSA) is 66.2 Å². The Balaban J connectivity index is 1.36. The summed E-state index contributed by atoms with van der Waals surface area (Å²) < 4.78 is 4.74. The van der Waals surface area contributed by atoms with Gasteiger partial charge in [-0.15, -0.1) is 0 Å². The molecule has 10 aromatic rings. The van der Waals surface area contributed by atoms with Crippen LogP contribution in [0.15, 0.2) is 182 Å². The number of nitrogens with zero attached hydrogens (tertiary/aromatic N) is 6. The number of hydrogen-bond acceptors (Lipinski definition) is 2. The monoisotopic (exact) mass is 762 g/mol. The van der Waals surface area contributed by atoms with Crippen LogP contribution in [0.4, 0.5) is 11.4 Å². The second-order valence-electron chi connectivity index (χ2n) is 14.5. The third-order valence-corrected chi connectivity index (χ3v) is 11.1. The van der Waals surface area contributed by atoms with Gasteiger partial charge in [-0.1, -0.05) is 121 Å². The molecule has 0 N–H and O–H groups in total. The second-order valence-corrected chi connectivity index (χ2v) is 14.5. The normalized spacial score (nSPS) is 10.9. The lowest BCUT2D eigenvalue weighted by Crippen LogP contribution is -2.03. The second kappa shape index (κ2) is 14.5. The van der Waals surface area contributed by atoms with Crippen molar-refractivity contribution in [2.75, 3.05) is 0 Å². The zero-order valence-corrected chi connectivity index (χ0v) is 32.0. The van der Waals surface area contributed by atoms with Gasteiger partial charge in [0.2, 0.25) is 0 Å². The van der Waals surface area contributed by atoms with Crippen LogP contribution >= 0.6 is 0 Å². The molecule has 0 aliphatic heterocycles. The highest BCUT2D eigenvalue weighted by Gasteiger charge is 2.27.